The number of morpholine rings is 1. The van der Waals surface area contributed by atoms with Gasteiger partial charge in [0.05, 0.1) is 18.2 Å². The van der Waals surface area contributed by atoms with E-state index >= 15 is 0 Å². The van der Waals surface area contributed by atoms with Crippen LogP contribution in [0.3, 0.4) is 0 Å². The van der Waals surface area contributed by atoms with Gasteiger partial charge in [-0.25, -0.2) is 0 Å². The van der Waals surface area contributed by atoms with Gasteiger partial charge in [-0.2, -0.15) is 0 Å². The number of hydrogen-bond acceptors (Lipinski definition) is 4. The van der Waals surface area contributed by atoms with Crippen LogP contribution >= 0.6 is 11.6 Å². The molecule has 1 saturated heterocycles. The summed E-state index contributed by atoms with van der Waals surface area (Å²) in [5.74, 6) is 0.962. The quantitative estimate of drug-likeness (QED) is 0.711. The van der Waals surface area contributed by atoms with E-state index in [0.29, 0.717) is 29.3 Å². The largest absolute Gasteiger partial charge is 0.479 e. The fourth-order valence-corrected chi connectivity index (χ4v) is 3.65. The van der Waals surface area contributed by atoms with Crippen molar-refractivity contribution < 1.29 is 14.3 Å². The number of rotatable bonds is 9. The maximum absolute atomic E-state index is 12.5. The molecule has 6 heteroatoms. The number of halogens is 1. The van der Waals surface area contributed by atoms with Gasteiger partial charge in [-0.15, -0.1) is 0 Å². The van der Waals surface area contributed by atoms with Gasteiger partial charge in [-0.05, 0) is 25.0 Å². The number of para-hydroxylation sites is 1. The molecule has 0 aromatic heterocycles. The Morgan fingerprint density at radius 1 is 1.27 bits per heavy atom. The summed E-state index contributed by atoms with van der Waals surface area (Å²) in [7, 11) is 0. The van der Waals surface area contributed by atoms with E-state index in [1.807, 2.05) is 12.1 Å². The van der Waals surface area contributed by atoms with E-state index in [9.17, 15) is 4.79 Å². The van der Waals surface area contributed by atoms with Gasteiger partial charge in [0.15, 0.2) is 6.10 Å². The summed E-state index contributed by atoms with van der Waals surface area (Å²) < 4.78 is 11.2. The van der Waals surface area contributed by atoms with E-state index in [2.05, 4.69) is 24.1 Å². The first-order chi connectivity index (χ1) is 12.6. The third-order valence-electron chi connectivity index (χ3n) is 5.10. The van der Waals surface area contributed by atoms with Crippen LogP contribution < -0.4 is 10.1 Å². The van der Waals surface area contributed by atoms with Gasteiger partial charge in [-0.3, -0.25) is 9.69 Å². The maximum Gasteiger partial charge on any atom is 0.260 e. The van der Waals surface area contributed by atoms with E-state index in [0.717, 1.165) is 39.1 Å². The molecule has 26 heavy (non-hydrogen) atoms. The van der Waals surface area contributed by atoms with Crippen LogP contribution in [0.5, 0.6) is 5.75 Å². The molecule has 0 aliphatic carbocycles. The highest BCUT2D eigenvalue weighted by Gasteiger charge is 2.28. The van der Waals surface area contributed by atoms with Crippen molar-refractivity contribution in [1.82, 2.24) is 10.2 Å². The van der Waals surface area contributed by atoms with Gasteiger partial charge in [0.25, 0.3) is 5.91 Å². The van der Waals surface area contributed by atoms with Crippen molar-refractivity contribution in [2.24, 2.45) is 5.92 Å². The molecule has 1 aliphatic heterocycles. The third-order valence-corrected chi connectivity index (χ3v) is 5.41. The summed E-state index contributed by atoms with van der Waals surface area (Å²) in [6.07, 6.45) is 1.60. The van der Waals surface area contributed by atoms with Gasteiger partial charge in [-0.1, -0.05) is 50.4 Å². The standard InChI is InChI=1S/C20H31ClN2O3/c1-4-16(5-2)18(23-10-12-25-13-11-23)14-22-20(24)15(3)26-19-9-7-6-8-17(19)21/h6-9,15-16,18H,4-5,10-14H2,1-3H3,(H,22,24). The van der Waals surface area contributed by atoms with Crippen LogP contribution in [0.4, 0.5) is 0 Å². The Balaban J connectivity index is 1.93. The molecule has 2 atom stereocenters. The Morgan fingerprint density at radius 3 is 2.54 bits per heavy atom. The molecule has 0 spiro atoms. The predicted molar refractivity (Wildman–Crippen MR) is 105 cm³/mol. The molecule has 1 aliphatic rings. The molecule has 1 N–H and O–H groups in total. The average molecular weight is 383 g/mol. The molecule has 1 aromatic rings. The number of nitrogens with one attached hydrogen (secondary N) is 1. The highest BCUT2D eigenvalue weighted by molar-refractivity contribution is 6.32. The van der Waals surface area contributed by atoms with Crippen molar-refractivity contribution in [2.45, 2.75) is 45.8 Å². The van der Waals surface area contributed by atoms with Crippen molar-refractivity contribution >= 4 is 17.5 Å². The molecular weight excluding hydrogens is 352 g/mol. The second-order valence-electron chi connectivity index (χ2n) is 6.73. The number of ether oxygens (including phenoxy) is 2. The van der Waals surface area contributed by atoms with E-state index < -0.39 is 6.10 Å². The van der Waals surface area contributed by atoms with Gasteiger partial charge < -0.3 is 14.8 Å². The fourth-order valence-electron chi connectivity index (χ4n) is 3.47. The topological polar surface area (TPSA) is 50.8 Å². The minimum Gasteiger partial charge on any atom is -0.479 e. The Hall–Kier alpha value is -1.30. The molecule has 2 unspecified atom stereocenters. The minimum absolute atomic E-state index is 0.117. The van der Waals surface area contributed by atoms with Crippen LogP contribution in [-0.2, 0) is 9.53 Å². The Labute approximate surface area is 162 Å². The highest BCUT2D eigenvalue weighted by atomic mass is 35.5. The van der Waals surface area contributed by atoms with Gasteiger partial charge in [0, 0.05) is 25.7 Å². The third kappa shape index (κ3) is 5.86. The molecule has 1 aromatic carbocycles. The summed E-state index contributed by atoms with van der Waals surface area (Å²) in [5.41, 5.74) is 0. The van der Waals surface area contributed by atoms with Gasteiger partial charge >= 0.3 is 0 Å². The second-order valence-corrected chi connectivity index (χ2v) is 7.14. The number of carbonyl (C=O) groups excluding carboxylic acids is 1. The van der Waals surface area contributed by atoms with Crippen LogP contribution in [0, 0.1) is 5.92 Å². The zero-order valence-corrected chi connectivity index (χ0v) is 16.8. The first kappa shape index (κ1) is 21.0. The summed E-state index contributed by atoms with van der Waals surface area (Å²) >= 11 is 6.11. The van der Waals surface area contributed by atoms with Crippen LogP contribution in [-0.4, -0.2) is 55.8 Å². The van der Waals surface area contributed by atoms with Crippen molar-refractivity contribution in [3.05, 3.63) is 29.3 Å². The van der Waals surface area contributed by atoms with E-state index in [-0.39, 0.29) is 5.91 Å². The minimum atomic E-state index is -0.595. The smallest absolute Gasteiger partial charge is 0.260 e. The van der Waals surface area contributed by atoms with Gasteiger partial charge in [0.1, 0.15) is 5.75 Å². The van der Waals surface area contributed by atoms with Crippen LogP contribution in [0.1, 0.15) is 33.6 Å². The molecule has 146 valence electrons. The molecule has 0 radical (unpaired) electrons. The molecule has 2 rings (SSSR count). The lowest BCUT2D eigenvalue weighted by Crippen LogP contribution is -2.53. The first-order valence-corrected chi connectivity index (χ1v) is 9.95. The average Bonchev–Trinajstić information content (AvgIpc) is 2.67. The van der Waals surface area contributed by atoms with Crippen LogP contribution in [0.25, 0.3) is 0 Å². The Morgan fingerprint density at radius 2 is 1.92 bits per heavy atom. The molecule has 0 bridgehead atoms. The zero-order valence-electron chi connectivity index (χ0n) is 16.0. The predicted octanol–water partition coefficient (Wildman–Crippen LogP) is 3.36. The Kier molecular flexibility index (Phi) is 8.69. The number of hydrogen-bond donors (Lipinski definition) is 1. The summed E-state index contributed by atoms with van der Waals surface area (Å²) in [6, 6.07) is 7.52. The Bertz CT molecular complexity index is 560. The number of carbonyl (C=O) groups is 1. The highest BCUT2D eigenvalue weighted by Crippen LogP contribution is 2.24. The summed E-state index contributed by atoms with van der Waals surface area (Å²) in [5, 5.41) is 3.59. The lowest BCUT2D eigenvalue weighted by molar-refractivity contribution is -0.127. The molecule has 1 heterocycles. The lowest BCUT2D eigenvalue weighted by atomic mass is 9.92. The zero-order chi connectivity index (χ0) is 18.9. The normalized spacial score (nSPS) is 17.7. The van der Waals surface area contributed by atoms with E-state index in [1.54, 1.807) is 19.1 Å². The molecule has 1 fully saturated rings. The summed E-state index contributed by atoms with van der Waals surface area (Å²) in [6.45, 7) is 10.2. The molecule has 0 saturated carbocycles. The molecule has 5 nitrogen and oxygen atoms in total. The van der Waals surface area contributed by atoms with Crippen molar-refractivity contribution in [1.29, 1.82) is 0 Å². The monoisotopic (exact) mass is 382 g/mol. The molecule has 1 amide bonds. The van der Waals surface area contributed by atoms with Crippen molar-refractivity contribution in [2.75, 3.05) is 32.8 Å². The van der Waals surface area contributed by atoms with Crippen molar-refractivity contribution in [3.8, 4) is 5.75 Å². The van der Waals surface area contributed by atoms with E-state index in [4.69, 9.17) is 21.1 Å². The molecular formula is C20H31ClN2O3. The van der Waals surface area contributed by atoms with Crippen LogP contribution in [0.2, 0.25) is 5.02 Å². The van der Waals surface area contributed by atoms with E-state index in [1.165, 1.54) is 0 Å². The van der Waals surface area contributed by atoms with Crippen LogP contribution in [0.15, 0.2) is 24.3 Å². The number of benzene rings is 1. The lowest BCUT2D eigenvalue weighted by Gasteiger charge is -2.39. The first-order valence-electron chi connectivity index (χ1n) is 9.57. The number of nitrogens with zero attached hydrogens (tertiary/aromatic N) is 1. The SMILES string of the molecule is CCC(CC)C(CNC(=O)C(C)Oc1ccccc1Cl)N1CCOCC1. The van der Waals surface area contributed by atoms with Gasteiger partial charge in [0.2, 0.25) is 0 Å². The fraction of sp³-hybridized carbons (Fsp3) is 0.650. The second kappa shape index (κ2) is 10.8. The number of amides is 1. The van der Waals surface area contributed by atoms with Crippen molar-refractivity contribution in [3.63, 3.8) is 0 Å². The summed E-state index contributed by atoms with van der Waals surface area (Å²) in [4.78, 5) is 15.0. The maximum atomic E-state index is 12.5.